The summed E-state index contributed by atoms with van der Waals surface area (Å²) >= 11 is 5.95. The van der Waals surface area contributed by atoms with E-state index in [4.69, 9.17) is 11.6 Å². The Morgan fingerprint density at radius 2 is 1.75 bits per heavy atom. The van der Waals surface area contributed by atoms with E-state index in [9.17, 15) is 9.90 Å². The number of aromatic hydroxyl groups is 1. The highest BCUT2D eigenvalue weighted by molar-refractivity contribution is 6.30. The van der Waals surface area contributed by atoms with E-state index in [0.717, 1.165) is 5.56 Å². The highest BCUT2D eigenvalue weighted by atomic mass is 35.5. The lowest BCUT2D eigenvalue weighted by atomic mass is 10.1. The lowest BCUT2D eigenvalue weighted by Gasteiger charge is -2.12. The van der Waals surface area contributed by atoms with Crippen LogP contribution >= 0.6 is 11.6 Å². The number of fused-ring (bicyclic) bond motifs is 3. The minimum atomic E-state index is -0.117. The molecular weight excluding hydrogens is 326 g/mol. The molecule has 1 N–H and O–H groups in total. The fourth-order valence-electron chi connectivity index (χ4n) is 3.05. The van der Waals surface area contributed by atoms with Gasteiger partial charge in [-0.3, -0.25) is 4.79 Å². The molecule has 0 spiro atoms. The van der Waals surface area contributed by atoms with Crippen molar-refractivity contribution in [2.24, 2.45) is 0 Å². The molecule has 0 radical (unpaired) electrons. The number of rotatable bonds is 2. The summed E-state index contributed by atoms with van der Waals surface area (Å²) in [6.45, 7) is 2.34. The standard InChI is InChI=1S/C18H14ClN3O2/c1-2-21-18(24)14-6-4-3-5-13(14)15-17(23)20-16(22(15)21)11-7-9-12(19)10-8-11/h3-10,23H,2H2,1H3. The number of aromatic nitrogens is 3. The molecule has 5 nitrogen and oxygen atoms in total. The summed E-state index contributed by atoms with van der Waals surface area (Å²) in [5.74, 6) is 0.405. The van der Waals surface area contributed by atoms with Gasteiger partial charge in [-0.2, -0.15) is 4.98 Å². The fourth-order valence-corrected chi connectivity index (χ4v) is 3.17. The third kappa shape index (κ3) is 2.02. The summed E-state index contributed by atoms with van der Waals surface area (Å²) in [5.41, 5.74) is 1.18. The summed E-state index contributed by atoms with van der Waals surface area (Å²) < 4.78 is 3.26. The Bertz CT molecular complexity index is 1130. The van der Waals surface area contributed by atoms with E-state index in [1.807, 2.05) is 37.3 Å². The van der Waals surface area contributed by atoms with Crippen LogP contribution in [-0.4, -0.2) is 19.3 Å². The molecule has 0 aliphatic heterocycles. The Kier molecular flexibility index (Phi) is 3.32. The van der Waals surface area contributed by atoms with E-state index in [0.29, 0.717) is 33.7 Å². The molecule has 4 aromatic rings. The van der Waals surface area contributed by atoms with Crippen molar-refractivity contribution in [2.75, 3.05) is 0 Å². The van der Waals surface area contributed by atoms with Gasteiger partial charge in [-0.25, -0.2) is 9.20 Å². The Morgan fingerprint density at radius 1 is 1.08 bits per heavy atom. The van der Waals surface area contributed by atoms with Crippen molar-refractivity contribution < 1.29 is 5.11 Å². The summed E-state index contributed by atoms with van der Waals surface area (Å²) in [4.78, 5) is 17.1. The van der Waals surface area contributed by atoms with E-state index >= 15 is 0 Å². The first-order chi connectivity index (χ1) is 11.6. The van der Waals surface area contributed by atoms with Gasteiger partial charge in [0.1, 0.15) is 5.52 Å². The molecule has 4 rings (SSSR count). The van der Waals surface area contributed by atoms with Crippen molar-refractivity contribution >= 4 is 27.9 Å². The van der Waals surface area contributed by atoms with Gasteiger partial charge < -0.3 is 5.11 Å². The second-order valence-electron chi connectivity index (χ2n) is 5.49. The molecule has 2 heterocycles. The molecule has 0 fully saturated rings. The molecule has 2 aromatic heterocycles. The van der Waals surface area contributed by atoms with E-state index < -0.39 is 0 Å². The first kappa shape index (κ1) is 14.8. The van der Waals surface area contributed by atoms with Crippen LogP contribution in [0.1, 0.15) is 6.92 Å². The van der Waals surface area contributed by atoms with Crippen LogP contribution in [0.25, 0.3) is 27.7 Å². The molecule has 0 saturated heterocycles. The molecule has 0 unspecified atom stereocenters. The van der Waals surface area contributed by atoms with Crippen LogP contribution in [0.2, 0.25) is 5.02 Å². The van der Waals surface area contributed by atoms with Crippen LogP contribution in [0.5, 0.6) is 5.88 Å². The van der Waals surface area contributed by atoms with Crippen molar-refractivity contribution in [3.8, 4) is 17.3 Å². The van der Waals surface area contributed by atoms with E-state index in [-0.39, 0.29) is 11.4 Å². The second-order valence-corrected chi connectivity index (χ2v) is 5.93. The molecule has 0 amide bonds. The van der Waals surface area contributed by atoms with Gasteiger partial charge in [0.2, 0.25) is 5.88 Å². The number of hydrogen-bond acceptors (Lipinski definition) is 3. The van der Waals surface area contributed by atoms with Crippen LogP contribution in [-0.2, 0) is 6.54 Å². The van der Waals surface area contributed by atoms with Crippen molar-refractivity contribution in [3.63, 3.8) is 0 Å². The number of imidazole rings is 1. The Labute approximate surface area is 142 Å². The van der Waals surface area contributed by atoms with Crippen molar-refractivity contribution in [2.45, 2.75) is 13.5 Å². The Morgan fingerprint density at radius 3 is 2.42 bits per heavy atom. The molecule has 120 valence electrons. The molecule has 0 aliphatic rings. The van der Waals surface area contributed by atoms with Crippen molar-refractivity contribution in [1.29, 1.82) is 0 Å². The Balaban J connectivity index is 2.22. The average molecular weight is 340 g/mol. The smallest absolute Gasteiger partial charge is 0.273 e. The minimum absolute atomic E-state index is 0.0987. The zero-order chi connectivity index (χ0) is 16.8. The fraction of sp³-hybridized carbons (Fsp3) is 0.111. The second kappa shape index (κ2) is 5.39. The third-order valence-electron chi connectivity index (χ3n) is 4.13. The molecule has 0 atom stereocenters. The zero-order valence-electron chi connectivity index (χ0n) is 12.9. The van der Waals surface area contributed by atoms with Crippen LogP contribution in [0.4, 0.5) is 0 Å². The zero-order valence-corrected chi connectivity index (χ0v) is 13.7. The van der Waals surface area contributed by atoms with E-state index in [1.165, 1.54) is 0 Å². The predicted molar refractivity (Wildman–Crippen MR) is 94.7 cm³/mol. The van der Waals surface area contributed by atoms with Gasteiger partial charge >= 0.3 is 0 Å². The van der Waals surface area contributed by atoms with Crippen LogP contribution in [0.15, 0.2) is 53.3 Å². The van der Waals surface area contributed by atoms with Gasteiger partial charge in [-0.15, -0.1) is 0 Å². The van der Waals surface area contributed by atoms with Gasteiger partial charge in [-0.05, 0) is 37.3 Å². The SMILES string of the molecule is CCn1c(=O)c2ccccc2c2c(O)nc(-c3ccc(Cl)cc3)n21. The molecule has 24 heavy (non-hydrogen) atoms. The van der Waals surface area contributed by atoms with Gasteiger partial charge in [0.25, 0.3) is 5.56 Å². The maximum absolute atomic E-state index is 12.8. The topological polar surface area (TPSA) is 59.5 Å². The number of nitrogens with zero attached hydrogens (tertiary/aromatic N) is 3. The predicted octanol–water partition coefficient (Wildman–Crippen LogP) is 3.70. The van der Waals surface area contributed by atoms with Gasteiger partial charge in [0.05, 0.1) is 5.39 Å². The summed E-state index contributed by atoms with van der Waals surface area (Å²) in [5, 5.41) is 12.3. The monoisotopic (exact) mass is 339 g/mol. The molecule has 0 saturated carbocycles. The summed E-state index contributed by atoms with van der Waals surface area (Å²) in [6, 6.07) is 14.4. The molecule has 0 bridgehead atoms. The first-order valence-electron chi connectivity index (χ1n) is 7.61. The van der Waals surface area contributed by atoms with E-state index in [2.05, 4.69) is 4.98 Å². The third-order valence-corrected chi connectivity index (χ3v) is 4.38. The number of aryl methyl sites for hydroxylation is 1. The van der Waals surface area contributed by atoms with Gasteiger partial charge in [0, 0.05) is 22.5 Å². The van der Waals surface area contributed by atoms with Gasteiger partial charge in [-0.1, -0.05) is 29.8 Å². The minimum Gasteiger partial charge on any atom is -0.492 e. The Hall–Kier alpha value is -2.79. The summed E-state index contributed by atoms with van der Waals surface area (Å²) in [6.07, 6.45) is 0. The van der Waals surface area contributed by atoms with Crippen LogP contribution < -0.4 is 5.56 Å². The lowest BCUT2D eigenvalue weighted by Crippen LogP contribution is -2.26. The largest absolute Gasteiger partial charge is 0.492 e. The highest BCUT2D eigenvalue weighted by Crippen LogP contribution is 2.31. The van der Waals surface area contributed by atoms with Crippen molar-refractivity contribution in [1.82, 2.24) is 14.2 Å². The first-order valence-corrected chi connectivity index (χ1v) is 7.98. The van der Waals surface area contributed by atoms with Crippen LogP contribution in [0.3, 0.4) is 0 Å². The summed E-state index contributed by atoms with van der Waals surface area (Å²) in [7, 11) is 0. The normalized spacial score (nSPS) is 11.4. The van der Waals surface area contributed by atoms with E-state index in [1.54, 1.807) is 27.4 Å². The average Bonchev–Trinajstić information content (AvgIpc) is 2.94. The number of halogens is 1. The maximum Gasteiger partial charge on any atom is 0.273 e. The van der Waals surface area contributed by atoms with Crippen molar-refractivity contribution in [3.05, 3.63) is 63.9 Å². The van der Waals surface area contributed by atoms with Gasteiger partial charge in [0.15, 0.2) is 5.82 Å². The number of hydrogen-bond donors (Lipinski definition) is 1. The number of benzene rings is 2. The molecule has 0 aliphatic carbocycles. The quantitative estimate of drug-likeness (QED) is 0.606. The van der Waals surface area contributed by atoms with Crippen LogP contribution in [0, 0.1) is 0 Å². The maximum atomic E-state index is 12.8. The lowest BCUT2D eigenvalue weighted by molar-refractivity contribution is 0.462. The molecule has 6 heteroatoms. The highest BCUT2D eigenvalue weighted by Gasteiger charge is 2.19. The molecule has 2 aromatic carbocycles. The molecular formula is C18H14ClN3O2.